The summed E-state index contributed by atoms with van der Waals surface area (Å²) in [6, 6.07) is 0.00312. The molecule has 0 saturated carbocycles. The summed E-state index contributed by atoms with van der Waals surface area (Å²) in [6.45, 7) is 10.9. The predicted molar refractivity (Wildman–Crippen MR) is 98.5 cm³/mol. The zero-order valence-electron chi connectivity index (χ0n) is 15.7. The van der Waals surface area contributed by atoms with Crippen molar-refractivity contribution in [3.63, 3.8) is 0 Å². The van der Waals surface area contributed by atoms with E-state index in [0.29, 0.717) is 5.91 Å². The molecule has 7 heteroatoms. The lowest BCUT2D eigenvalue weighted by Gasteiger charge is -2.37. The average Bonchev–Trinajstić information content (AvgIpc) is 3.04. The summed E-state index contributed by atoms with van der Waals surface area (Å²) in [5, 5.41) is 0. The number of aromatic amines is 1. The molecule has 1 aromatic heterocycles. The fraction of sp³-hybridized carbons (Fsp3) is 0.778. The topological polar surface area (TPSA) is 58.7 Å². The number of hydrogen-bond acceptors (Lipinski definition) is 5. The van der Waals surface area contributed by atoms with Crippen molar-refractivity contribution in [2.45, 2.75) is 25.8 Å². The van der Waals surface area contributed by atoms with Crippen molar-refractivity contribution in [2.75, 3.05) is 66.0 Å². The van der Waals surface area contributed by atoms with Crippen molar-refractivity contribution in [3.8, 4) is 0 Å². The Labute approximate surface area is 151 Å². The van der Waals surface area contributed by atoms with Gasteiger partial charge in [0.25, 0.3) is 0 Å². The second kappa shape index (κ2) is 8.78. The maximum absolute atomic E-state index is 12.9. The molecule has 2 aliphatic rings. The highest BCUT2D eigenvalue weighted by atomic mass is 16.2. The Morgan fingerprint density at radius 2 is 1.96 bits per heavy atom. The van der Waals surface area contributed by atoms with Crippen molar-refractivity contribution >= 4 is 5.91 Å². The first-order chi connectivity index (χ1) is 12.1. The SMILES string of the molecule is CC(C(=O)N1CCCN(CCc2ncc[nH]2)CC1)N1CCN(C)CC1. The predicted octanol–water partition coefficient (Wildman–Crippen LogP) is 0.122. The third kappa shape index (κ3) is 5.03. The molecular weight excluding hydrogens is 316 g/mol. The monoisotopic (exact) mass is 348 g/mol. The number of carbonyl (C=O) groups is 1. The number of likely N-dealkylation sites (N-methyl/N-ethyl adjacent to an activating group) is 1. The Morgan fingerprint density at radius 3 is 2.68 bits per heavy atom. The van der Waals surface area contributed by atoms with E-state index in [2.05, 4.69) is 43.5 Å². The van der Waals surface area contributed by atoms with Crippen LogP contribution in [0.15, 0.2) is 12.4 Å². The normalized spacial score (nSPS) is 22.7. The standard InChI is InChI=1S/C18H32N6O/c1-16(23-13-10-21(2)11-14-23)18(25)24-8-3-7-22(12-15-24)9-4-17-19-5-6-20-17/h5-6,16H,3-4,7-15H2,1-2H3,(H,19,20). The molecule has 3 rings (SSSR count). The van der Waals surface area contributed by atoms with Crippen LogP contribution in [0.5, 0.6) is 0 Å². The second-order valence-corrected chi connectivity index (χ2v) is 7.32. The maximum Gasteiger partial charge on any atom is 0.239 e. The van der Waals surface area contributed by atoms with Crippen LogP contribution >= 0.6 is 0 Å². The molecular formula is C18H32N6O. The second-order valence-electron chi connectivity index (χ2n) is 7.32. The summed E-state index contributed by atoms with van der Waals surface area (Å²) in [7, 11) is 2.15. The van der Waals surface area contributed by atoms with E-state index in [-0.39, 0.29) is 6.04 Å². The fourth-order valence-electron chi connectivity index (χ4n) is 3.74. The smallest absolute Gasteiger partial charge is 0.239 e. The van der Waals surface area contributed by atoms with Crippen LogP contribution in [0.1, 0.15) is 19.2 Å². The number of rotatable bonds is 5. The molecule has 3 heterocycles. The minimum absolute atomic E-state index is 0.00312. The van der Waals surface area contributed by atoms with Gasteiger partial charge < -0.3 is 19.7 Å². The molecule has 1 N–H and O–H groups in total. The zero-order chi connectivity index (χ0) is 17.6. The van der Waals surface area contributed by atoms with Crippen molar-refractivity contribution in [2.24, 2.45) is 0 Å². The van der Waals surface area contributed by atoms with Gasteiger partial charge in [-0.15, -0.1) is 0 Å². The van der Waals surface area contributed by atoms with Gasteiger partial charge in [-0.25, -0.2) is 4.98 Å². The average molecular weight is 348 g/mol. The van der Waals surface area contributed by atoms with Crippen LogP contribution in [0.4, 0.5) is 0 Å². The van der Waals surface area contributed by atoms with E-state index < -0.39 is 0 Å². The number of nitrogens with zero attached hydrogens (tertiary/aromatic N) is 5. The van der Waals surface area contributed by atoms with Gasteiger partial charge in [-0.3, -0.25) is 9.69 Å². The Morgan fingerprint density at radius 1 is 1.16 bits per heavy atom. The molecule has 7 nitrogen and oxygen atoms in total. The lowest BCUT2D eigenvalue weighted by molar-refractivity contribution is -0.137. The fourth-order valence-corrected chi connectivity index (χ4v) is 3.74. The first-order valence-corrected chi connectivity index (χ1v) is 9.55. The molecule has 0 bridgehead atoms. The van der Waals surface area contributed by atoms with E-state index in [1.54, 1.807) is 6.20 Å². The minimum Gasteiger partial charge on any atom is -0.349 e. The van der Waals surface area contributed by atoms with Crippen LogP contribution in [0.3, 0.4) is 0 Å². The van der Waals surface area contributed by atoms with Gasteiger partial charge in [0.1, 0.15) is 5.82 Å². The largest absolute Gasteiger partial charge is 0.349 e. The Hall–Kier alpha value is -1.44. The lowest BCUT2D eigenvalue weighted by Crippen LogP contribution is -2.54. The molecule has 1 aromatic rings. The highest BCUT2D eigenvalue weighted by molar-refractivity contribution is 5.81. The minimum atomic E-state index is 0.00312. The lowest BCUT2D eigenvalue weighted by atomic mass is 10.2. The van der Waals surface area contributed by atoms with E-state index in [4.69, 9.17) is 0 Å². The van der Waals surface area contributed by atoms with Crippen LogP contribution in [0.2, 0.25) is 0 Å². The van der Waals surface area contributed by atoms with Gasteiger partial charge >= 0.3 is 0 Å². The molecule has 2 aliphatic heterocycles. The molecule has 0 aromatic carbocycles. The molecule has 2 saturated heterocycles. The number of amides is 1. The first kappa shape index (κ1) is 18.4. The summed E-state index contributed by atoms with van der Waals surface area (Å²) < 4.78 is 0. The molecule has 2 fully saturated rings. The summed E-state index contributed by atoms with van der Waals surface area (Å²) in [5.74, 6) is 1.35. The molecule has 140 valence electrons. The van der Waals surface area contributed by atoms with Gasteiger partial charge in [0.2, 0.25) is 5.91 Å². The van der Waals surface area contributed by atoms with E-state index in [0.717, 1.165) is 77.6 Å². The molecule has 0 aliphatic carbocycles. The van der Waals surface area contributed by atoms with Gasteiger partial charge in [0.05, 0.1) is 6.04 Å². The number of aromatic nitrogens is 2. The molecule has 1 atom stereocenters. The van der Waals surface area contributed by atoms with Crippen LogP contribution < -0.4 is 0 Å². The Bertz CT molecular complexity index is 526. The van der Waals surface area contributed by atoms with Gasteiger partial charge in [-0.1, -0.05) is 0 Å². The summed E-state index contributed by atoms with van der Waals surface area (Å²) in [4.78, 5) is 29.6. The highest BCUT2D eigenvalue weighted by Gasteiger charge is 2.29. The number of piperazine rings is 1. The molecule has 0 radical (unpaired) electrons. The number of hydrogen-bond donors (Lipinski definition) is 1. The quantitative estimate of drug-likeness (QED) is 0.819. The molecule has 25 heavy (non-hydrogen) atoms. The third-order valence-electron chi connectivity index (χ3n) is 5.56. The van der Waals surface area contributed by atoms with Gasteiger partial charge in [-0.2, -0.15) is 0 Å². The Kier molecular flexibility index (Phi) is 6.45. The van der Waals surface area contributed by atoms with Crippen molar-refractivity contribution in [1.82, 2.24) is 29.6 Å². The van der Waals surface area contributed by atoms with Crippen molar-refractivity contribution in [1.29, 1.82) is 0 Å². The highest BCUT2D eigenvalue weighted by Crippen LogP contribution is 2.11. The van der Waals surface area contributed by atoms with E-state index in [9.17, 15) is 4.79 Å². The summed E-state index contributed by atoms with van der Waals surface area (Å²) >= 11 is 0. The van der Waals surface area contributed by atoms with Gasteiger partial charge in [-0.05, 0) is 26.9 Å². The van der Waals surface area contributed by atoms with Crippen LogP contribution in [0, 0.1) is 0 Å². The Balaban J connectivity index is 1.45. The van der Waals surface area contributed by atoms with Crippen LogP contribution in [-0.4, -0.2) is 107 Å². The van der Waals surface area contributed by atoms with E-state index >= 15 is 0 Å². The van der Waals surface area contributed by atoms with Crippen LogP contribution in [0.25, 0.3) is 0 Å². The number of nitrogens with one attached hydrogen (secondary N) is 1. The van der Waals surface area contributed by atoms with Gasteiger partial charge in [0.15, 0.2) is 0 Å². The van der Waals surface area contributed by atoms with E-state index in [1.165, 1.54) is 0 Å². The molecule has 1 unspecified atom stereocenters. The number of imidazole rings is 1. The number of carbonyl (C=O) groups excluding carboxylic acids is 1. The van der Waals surface area contributed by atoms with Crippen molar-refractivity contribution in [3.05, 3.63) is 18.2 Å². The number of H-pyrrole nitrogens is 1. The zero-order valence-corrected chi connectivity index (χ0v) is 15.7. The molecule has 0 spiro atoms. The van der Waals surface area contributed by atoms with Crippen LogP contribution in [-0.2, 0) is 11.2 Å². The summed E-state index contributed by atoms with van der Waals surface area (Å²) in [6.07, 6.45) is 5.67. The van der Waals surface area contributed by atoms with E-state index in [1.807, 2.05) is 6.20 Å². The first-order valence-electron chi connectivity index (χ1n) is 9.55. The van der Waals surface area contributed by atoms with Gasteiger partial charge in [0, 0.05) is 71.2 Å². The molecule has 1 amide bonds. The summed E-state index contributed by atoms with van der Waals surface area (Å²) in [5.41, 5.74) is 0. The van der Waals surface area contributed by atoms with Crippen molar-refractivity contribution < 1.29 is 4.79 Å². The maximum atomic E-state index is 12.9. The third-order valence-corrected chi connectivity index (χ3v) is 5.56.